The van der Waals surface area contributed by atoms with Gasteiger partial charge < -0.3 is 49.6 Å². The predicted octanol–water partition coefficient (Wildman–Crippen LogP) is 0.0646. The summed E-state index contributed by atoms with van der Waals surface area (Å²) in [6.45, 7) is 10.3. The Hall–Kier alpha value is -2.07. The highest BCUT2D eigenvalue weighted by Gasteiger charge is 2.69. The predicted molar refractivity (Wildman–Crippen MR) is 161 cm³/mol. The number of aliphatic hydroxyl groups is 6. The molecule has 15 unspecified atom stereocenters. The van der Waals surface area contributed by atoms with Crippen LogP contribution in [0.5, 0.6) is 0 Å². The van der Waals surface area contributed by atoms with Crippen LogP contribution in [0, 0.1) is 33.5 Å². The molecule has 262 valence electrons. The Morgan fingerprint density at radius 2 is 1.53 bits per heavy atom. The average Bonchev–Trinajstić information content (AvgIpc) is 3.24. The molecular formula is C34H48O13. The molecular weight excluding hydrogens is 616 g/mol. The molecule has 6 N–H and O–H groups in total. The molecule has 13 heteroatoms. The van der Waals surface area contributed by atoms with Crippen molar-refractivity contribution in [2.45, 2.75) is 129 Å². The van der Waals surface area contributed by atoms with Crippen LogP contribution in [-0.2, 0) is 33.3 Å². The molecule has 47 heavy (non-hydrogen) atoms. The first-order valence-corrected chi connectivity index (χ1v) is 16.5. The van der Waals surface area contributed by atoms with E-state index in [9.17, 15) is 45.0 Å². The van der Waals surface area contributed by atoms with Crippen molar-refractivity contribution in [1.29, 1.82) is 0 Å². The van der Waals surface area contributed by atoms with Crippen LogP contribution in [-0.4, -0.2) is 116 Å². The average molecular weight is 665 g/mol. The molecule has 6 aliphatic rings. The van der Waals surface area contributed by atoms with Gasteiger partial charge in [0.2, 0.25) is 12.1 Å². The molecule has 0 bridgehead atoms. The first kappa shape index (κ1) is 34.8. The van der Waals surface area contributed by atoms with Gasteiger partial charge in [-0.05, 0) is 50.0 Å². The number of ether oxygens (including phenoxy) is 4. The second kappa shape index (κ2) is 11.5. The molecule has 0 radical (unpaired) electrons. The van der Waals surface area contributed by atoms with E-state index in [0.29, 0.717) is 19.3 Å². The molecule has 0 aromatic rings. The van der Waals surface area contributed by atoms with Gasteiger partial charge >= 0.3 is 0 Å². The van der Waals surface area contributed by atoms with Crippen molar-refractivity contribution in [3.8, 4) is 0 Å². The molecule has 2 saturated carbocycles. The zero-order valence-electron chi connectivity index (χ0n) is 27.7. The van der Waals surface area contributed by atoms with Crippen molar-refractivity contribution in [3.63, 3.8) is 0 Å². The van der Waals surface area contributed by atoms with Gasteiger partial charge in [0.25, 0.3) is 0 Å². The van der Waals surface area contributed by atoms with E-state index in [1.54, 1.807) is 19.9 Å². The van der Waals surface area contributed by atoms with E-state index in [1.807, 2.05) is 19.9 Å². The van der Waals surface area contributed by atoms with Crippen LogP contribution in [0.2, 0.25) is 0 Å². The molecule has 0 aromatic heterocycles. The highest BCUT2D eigenvalue weighted by Crippen LogP contribution is 2.70. The van der Waals surface area contributed by atoms with Crippen LogP contribution in [0.25, 0.3) is 0 Å². The van der Waals surface area contributed by atoms with E-state index in [0.717, 1.165) is 5.57 Å². The minimum atomic E-state index is -1.77. The fourth-order valence-electron chi connectivity index (χ4n) is 9.49. The molecule has 13 nitrogen and oxygen atoms in total. The maximum absolute atomic E-state index is 14.2. The Balaban J connectivity index is 1.37. The van der Waals surface area contributed by atoms with Gasteiger partial charge in [0.1, 0.15) is 48.2 Å². The fourth-order valence-corrected chi connectivity index (χ4v) is 9.49. The molecule has 2 aliphatic heterocycles. The maximum Gasteiger partial charge on any atom is 0.229 e. The Bertz CT molecular complexity index is 1390. The Kier molecular flexibility index (Phi) is 8.51. The van der Waals surface area contributed by atoms with Gasteiger partial charge in [-0.1, -0.05) is 32.4 Å². The highest BCUT2D eigenvalue weighted by molar-refractivity contribution is 6.02. The summed E-state index contributed by atoms with van der Waals surface area (Å²) < 4.78 is 23.4. The zero-order chi connectivity index (χ0) is 34.6. The smallest absolute Gasteiger partial charge is 0.229 e. The number of fused-ring (bicyclic) bond motifs is 5. The van der Waals surface area contributed by atoms with Gasteiger partial charge in [0.05, 0.1) is 18.1 Å². The number of aliphatic hydroxyl groups excluding tert-OH is 6. The number of carbonyl (C=O) groups excluding carboxylic acids is 3. The zero-order valence-corrected chi connectivity index (χ0v) is 27.7. The summed E-state index contributed by atoms with van der Waals surface area (Å²) in [4.78, 5) is 41.1. The molecule has 0 spiro atoms. The number of ketones is 3. The number of carbonyl (C=O) groups is 3. The van der Waals surface area contributed by atoms with Crippen molar-refractivity contribution >= 4 is 17.3 Å². The standard InChI is InChI=1S/C34H48O13/c1-14-22(38)24(40)26(42)29(44-14)47-27-25(41)23(39)19(13-35)46-30(27)45-18-9-17-16(31(2,3)28(18)43)7-8-20-33(5)11-15(36)10-32(33,4)12-21(37)34(17,20)6/h7,9,14,17,19-20,22-27,29-30,35,38-42H,8,10-13H2,1-6H3. The molecule has 2 saturated heterocycles. The Morgan fingerprint density at radius 3 is 2.19 bits per heavy atom. The minimum Gasteiger partial charge on any atom is -0.459 e. The topological polar surface area (TPSA) is 210 Å². The summed E-state index contributed by atoms with van der Waals surface area (Å²) in [5.41, 5.74) is -2.21. The summed E-state index contributed by atoms with van der Waals surface area (Å²) in [5, 5.41) is 62.7. The van der Waals surface area contributed by atoms with E-state index in [2.05, 4.69) is 6.92 Å². The van der Waals surface area contributed by atoms with Crippen molar-refractivity contribution in [1.82, 2.24) is 0 Å². The van der Waals surface area contributed by atoms with Gasteiger partial charge in [-0.15, -0.1) is 0 Å². The van der Waals surface area contributed by atoms with Crippen molar-refractivity contribution in [2.75, 3.05) is 6.61 Å². The van der Waals surface area contributed by atoms with Crippen LogP contribution in [0.3, 0.4) is 0 Å². The third-order valence-corrected chi connectivity index (χ3v) is 12.7. The molecule has 15 atom stereocenters. The lowest BCUT2D eigenvalue weighted by atomic mass is 9.40. The molecule has 0 amide bonds. The third-order valence-electron chi connectivity index (χ3n) is 12.7. The van der Waals surface area contributed by atoms with Gasteiger partial charge in [-0.25, -0.2) is 0 Å². The van der Waals surface area contributed by atoms with Crippen LogP contribution in [0.1, 0.15) is 67.2 Å². The van der Waals surface area contributed by atoms with Crippen LogP contribution >= 0.6 is 0 Å². The summed E-state index contributed by atoms with van der Waals surface area (Å²) in [6.07, 6.45) is -10.3. The second-order valence-corrected chi connectivity index (χ2v) is 15.8. The Morgan fingerprint density at radius 1 is 0.851 bits per heavy atom. The van der Waals surface area contributed by atoms with E-state index in [-0.39, 0.29) is 29.7 Å². The van der Waals surface area contributed by atoms with Crippen LogP contribution < -0.4 is 0 Å². The minimum absolute atomic E-state index is 0.0147. The van der Waals surface area contributed by atoms with Crippen molar-refractivity contribution < 1.29 is 64.0 Å². The number of hydrogen-bond acceptors (Lipinski definition) is 13. The van der Waals surface area contributed by atoms with Gasteiger partial charge in [-0.3, -0.25) is 14.4 Å². The molecule has 6 rings (SSSR count). The SMILES string of the molecule is CC1OC(OC2C(OC3=CC4C(=CCC5C4(C)C(=O)CC4(C)CC(=O)CC54C)C(C)(C)C3=O)OC(CO)C(O)C2O)C(O)C(O)C1O. The number of hydrogen-bond donors (Lipinski definition) is 6. The quantitative estimate of drug-likeness (QED) is 0.215. The summed E-state index contributed by atoms with van der Waals surface area (Å²) in [7, 11) is 0. The molecule has 4 fully saturated rings. The summed E-state index contributed by atoms with van der Waals surface area (Å²) in [6, 6.07) is 0. The normalized spacial score (nSPS) is 51.0. The van der Waals surface area contributed by atoms with Gasteiger partial charge in [0, 0.05) is 30.6 Å². The van der Waals surface area contributed by atoms with Crippen LogP contribution in [0.4, 0.5) is 0 Å². The fraction of sp³-hybridized carbons (Fsp3) is 0.794. The highest BCUT2D eigenvalue weighted by atomic mass is 16.8. The van der Waals surface area contributed by atoms with E-state index < -0.39 is 101 Å². The van der Waals surface area contributed by atoms with Crippen molar-refractivity contribution in [2.24, 2.45) is 33.5 Å². The number of allylic oxidation sites excluding steroid dienone is 4. The van der Waals surface area contributed by atoms with Crippen molar-refractivity contribution in [3.05, 3.63) is 23.5 Å². The van der Waals surface area contributed by atoms with E-state index in [1.165, 1.54) is 6.92 Å². The van der Waals surface area contributed by atoms with Gasteiger partial charge in [0.15, 0.2) is 18.2 Å². The first-order chi connectivity index (χ1) is 21.8. The Labute approximate surface area is 273 Å². The lowest BCUT2D eigenvalue weighted by molar-refractivity contribution is -0.360. The van der Waals surface area contributed by atoms with Gasteiger partial charge in [-0.2, -0.15) is 0 Å². The summed E-state index contributed by atoms with van der Waals surface area (Å²) in [5.74, 6) is -1.19. The molecule has 2 heterocycles. The van der Waals surface area contributed by atoms with E-state index >= 15 is 0 Å². The summed E-state index contributed by atoms with van der Waals surface area (Å²) >= 11 is 0. The molecule has 0 aromatic carbocycles. The first-order valence-electron chi connectivity index (χ1n) is 16.5. The van der Waals surface area contributed by atoms with Crippen LogP contribution in [0.15, 0.2) is 23.5 Å². The lowest BCUT2D eigenvalue weighted by Crippen LogP contribution is -2.64. The monoisotopic (exact) mass is 664 g/mol. The molecule has 4 aliphatic carbocycles. The number of Topliss-reactive ketones (excluding diaryl/α,β-unsaturated/α-hetero) is 3. The largest absolute Gasteiger partial charge is 0.459 e. The second-order valence-electron chi connectivity index (χ2n) is 15.8. The van der Waals surface area contributed by atoms with E-state index in [4.69, 9.17) is 18.9 Å². The lowest BCUT2D eigenvalue weighted by Gasteiger charge is -2.62. The number of rotatable bonds is 5. The third kappa shape index (κ3) is 4.95. The maximum atomic E-state index is 14.2.